The highest BCUT2D eigenvalue weighted by molar-refractivity contribution is 5.85. The molecule has 1 aliphatic rings. The van der Waals surface area contributed by atoms with Crippen molar-refractivity contribution in [2.45, 2.75) is 25.0 Å². The van der Waals surface area contributed by atoms with Crippen molar-refractivity contribution in [1.29, 1.82) is 0 Å². The summed E-state index contributed by atoms with van der Waals surface area (Å²) in [5.74, 6) is 0. The number of carbonyl (C=O) groups is 1. The van der Waals surface area contributed by atoms with Crippen LogP contribution < -0.4 is 5.56 Å². The zero-order valence-electron chi connectivity index (χ0n) is 22.0. The van der Waals surface area contributed by atoms with E-state index in [4.69, 9.17) is 0 Å². The molecule has 1 N–H and O–H groups in total. The standard InChI is InChI=1S/C27H29N9O3/c1-32(2)26(38)34-8-6-27(39,7-9-34)16-35-17-29-24-22(25(35)37)15-31-36(24)21-11-19(12-28-14-21)18-4-5-23-20(10-18)13-30-33(23)3/h4-5,10-15,17,39H,6-9,16H2,1-3H3. The van der Waals surface area contributed by atoms with Gasteiger partial charge in [-0.3, -0.25) is 19.0 Å². The van der Waals surface area contributed by atoms with E-state index in [-0.39, 0.29) is 18.1 Å². The maximum atomic E-state index is 13.3. The van der Waals surface area contributed by atoms with Gasteiger partial charge in [0.05, 0.1) is 41.9 Å². The van der Waals surface area contributed by atoms with Crippen molar-refractivity contribution < 1.29 is 9.90 Å². The van der Waals surface area contributed by atoms with Gasteiger partial charge in [0.15, 0.2) is 5.65 Å². The molecule has 1 aliphatic heterocycles. The van der Waals surface area contributed by atoms with E-state index in [1.807, 2.05) is 36.1 Å². The van der Waals surface area contributed by atoms with Crippen LogP contribution >= 0.6 is 0 Å². The molecular formula is C27H29N9O3. The molecule has 1 aromatic carbocycles. The first-order valence-corrected chi connectivity index (χ1v) is 12.7. The fourth-order valence-corrected chi connectivity index (χ4v) is 5.17. The zero-order chi connectivity index (χ0) is 27.3. The monoisotopic (exact) mass is 527 g/mol. The van der Waals surface area contributed by atoms with E-state index >= 15 is 0 Å². The van der Waals surface area contributed by atoms with Crippen LogP contribution in [0, 0.1) is 0 Å². The Morgan fingerprint density at radius 3 is 2.62 bits per heavy atom. The number of urea groups is 1. The Morgan fingerprint density at radius 1 is 1.05 bits per heavy atom. The van der Waals surface area contributed by atoms with Crippen molar-refractivity contribution in [1.82, 2.24) is 43.9 Å². The Kier molecular flexibility index (Phi) is 5.91. The van der Waals surface area contributed by atoms with Gasteiger partial charge < -0.3 is 14.9 Å². The van der Waals surface area contributed by atoms with Gasteiger partial charge in [-0.1, -0.05) is 6.07 Å². The minimum Gasteiger partial charge on any atom is -0.388 e. The van der Waals surface area contributed by atoms with Gasteiger partial charge in [-0.15, -0.1) is 0 Å². The summed E-state index contributed by atoms with van der Waals surface area (Å²) in [7, 11) is 5.32. The lowest BCUT2D eigenvalue weighted by molar-refractivity contribution is -0.0282. The molecule has 0 spiro atoms. The summed E-state index contributed by atoms with van der Waals surface area (Å²) < 4.78 is 4.85. The maximum absolute atomic E-state index is 13.3. The fourth-order valence-electron chi connectivity index (χ4n) is 5.17. The molecule has 0 unspecified atom stereocenters. The number of rotatable bonds is 4. The lowest BCUT2D eigenvalue weighted by atomic mass is 9.91. The number of aliphatic hydroxyl groups is 1. The summed E-state index contributed by atoms with van der Waals surface area (Å²) in [6, 6.07) is 7.98. The van der Waals surface area contributed by atoms with Crippen molar-refractivity contribution in [3.63, 3.8) is 0 Å². The molecule has 0 saturated carbocycles. The average molecular weight is 528 g/mol. The van der Waals surface area contributed by atoms with Crippen LogP contribution in [0.3, 0.4) is 0 Å². The molecule has 0 bridgehead atoms. The lowest BCUT2D eigenvalue weighted by Gasteiger charge is -2.39. The maximum Gasteiger partial charge on any atom is 0.319 e. The number of hydrogen-bond acceptors (Lipinski definition) is 7. The second-order valence-corrected chi connectivity index (χ2v) is 10.3. The molecule has 39 heavy (non-hydrogen) atoms. The Morgan fingerprint density at radius 2 is 1.85 bits per heavy atom. The van der Waals surface area contributed by atoms with Gasteiger partial charge in [0.2, 0.25) is 0 Å². The number of likely N-dealkylation sites (tertiary alicyclic amines) is 1. The van der Waals surface area contributed by atoms with Crippen LogP contribution in [0.4, 0.5) is 4.79 Å². The first-order chi connectivity index (χ1) is 18.7. The molecule has 12 nitrogen and oxygen atoms in total. The second-order valence-electron chi connectivity index (χ2n) is 10.3. The number of amides is 2. The van der Waals surface area contributed by atoms with Gasteiger partial charge in [-0.25, -0.2) is 14.5 Å². The van der Waals surface area contributed by atoms with Crippen LogP contribution in [0.2, 0.25) is 0 Å². The smallest absolute Gasteiger partial charge is 0.319 e. The van der Waals surface area contributed by atoms with Gasteiger partial charge in [0.1, 0.15) is 11.7 Å². The third-order valence-electron chi connectivity index (χ3n) is 7.41. The van der Waals surface area contributed by atoms with Crippen LogP contribution in [0.1, 0.15) is 12.8 Å². The van der Waals surface area contributed by atoms with Gasteiger partial charge in [0.25, 0.3) is 5.56 Å². The number of benzene rings is 1. The molecule has 200 valence electrons. The molecule has 5 aromatic rings. The topological polar surface area (TPSA) is 127 Å². The molecule has 6 rings (SSSR count). The van der Waals surface area contributed by atoms with Crippen LogP contribution in [-0.2, 0) is 13.6 Å². The summed E-state index contributed by atoms with van der Waals surface area (Å²) in [5, 5.41) is 21.3. The Balaban J connectivity index is 1.26. The van der Waals surface area contributed by atoms with Gasteiger partial charge in [0, 0.05) is 51.4 Å². The Labute approximate surface area is 223 Å². The van der Waals surface area contributed by atoms with Crippen molar-refractivity contribution in [2.24, 2.45) is 7.05 Å². The number of aryl methyl sites for hydroxylation is 1. The van der Waals surface area contributed by atoms with E-state index in [2.05, 4.69) is 26.2 Å². The van der Waals surface area contributed by atoms with Crippen LogP contribution in [0.15, 0.2) is 60.2 Å². The minimum atomic E-state index is -1.11. The third-order valence-corrected chi connectivity index (χ3v) is 7.41. The van der Waals surface area contributed by atoms with E-state index in [0.717, 1.165) is 22.0 Å². The van der Waals surface area contributed by atoms with Crippen LogP contribution in [0.5, 0.6) is 0 Å². The molecule has 4 aromatic heterocycles. The largest absolute Gasteiger partial charge is 0.388 e. The summed E-state index contributed by atoms with van der Waals surface area (Å²) in [6.07, 6.45) is 8.99. The normalized spacial score (nSPS) is 15.2. The Hall–Kier alpha value is -4.58. The molecule has 12 heteroatoms. The van der Waals surface area contributed by atoms with Crippen molar-refractivity contribution >= 4 is 28.0 Å². The van der Waals surface area contributed by atoms with E-state index in [9.17, 15) is 14.7 Å². The molecule has 0 aliphatic carbocycles. The molecule has 1 fully saturated rings. The van der Waals surface area contributed by atoms with Crippen molar-refractivity contribution in [2.75, 3.05) is 27.2 Å². The van der Waals surface area contributed by atoms with Gasteiger partial charge >= 0.3 is 6.03 Å². The molecule has 1 saturated heterocycles. The highest BCUT2D eigenvalue weighted by Gasteiger charge is 2.35. The van der Waals surface area contributed by atoms with E-state index in [0.29, 0.717) is 42.7 Å². The Bertz CT molecular complexity index is 1760. The van der Waals surface area contributed by atoms with Crippen LogP contribution in [-0.4, -0.2) is 87.8 Å². The second kappa shape index (κ2) is 9.31. The fraction of sp³-hybridized carbons (Fsp3) is 0.333. The van der Waals surface area contributed by atoms with E-state index in [1.54, 1.807) is 36.1 Å². The molecule has 0 radical (unpaired) electrons. The average Bonchev–Trinajstić information content (AvgIpc) is 3.54. The number of aromatic nitrogens is 7. The van der Waals surface area contributed by atoms with E-state index < -0.39 is 5.60 Å². The lowest BCUT2D eigenvalue weighted by Crippen LogP contribution is -2.51. The summed E-state index contributed by atoms with van der Waals surface area (Å²) in [5.41, 5.74) is 2.63. The number of piperidine rings is 1. The number of fused-ring (bicyclic) bond motifs is 2. The van der Waals surface area contributed by atoms with Gasteiger partial charge in [-0.2, -0.15) is 10.2 Å². The summed E-state index contributed by atoms with van der Waals surface area (Å²) >= 11 is 0. The van der Waals surface area contributed by atoms with Crippen molar-refractivity contribution in [3.05, 3.63) is 65.7 Å². The first kappa shape index (κ1) is 24.7. The predicted molar refractivity (Wildman–Crippen MR) is 145 cm³/mol. The number of carbonyl (C=O) groups excluding carboxylic acids is 1. The number of hydrogen-bond donors (Lipinski definition) is 1. The third kappa shape index (κ3) is 4.42. The predicted octanol–water partition coefficient (Wildman–Crippen LogP) is 2.04. The zero-order valence-corrected chi connectivity index (χ0v) is 22.0. The van der Waals surface area contributed by atoms with Gasteiger partial charge in [-0.05, 0) is 36.6 Å². The molecule has 0 atom stereocenters. The number of nitrogens with zero attached hydrogens (tertiary/aromatic N) is 9. The molecule has 2 amide bonds. The quantitative estimate of drug-likeness (QED) is 0.379. The molecular weight excluding hydrogens is 498 g/mol. The highest BCUT2D eigenvalue weighted by Crippen LogP contribution is 2.27. The summed E-state index contributed by atoms with van der Waals surface area (Å²) in [4.78, 5) is 37.7. The SMILES string of the molecule is CN(C)C(=O)N1CCC(O)(Cn2cnc3c(cnn3-c3cncc(-c4ccc5c(cnn5C)c4)c3)c2=O)CC1. The first-order valence-electron chi connectivity index (χ1n) is 12.7. The molecule has 5 heterocycles. The van der Waals surface area contributed by atoms with Crippen molar-refractivity contribution in [3.8, 4) is 16.8 Å². The highest BCUT2D eigenvalue weighted by atomic mass is 16.3. The summed E-state index contributed by atoms with van der Waals surface area (Å²) in [6.45, 7) is 0.942. The minimum absolute atomic E-state index is 0.0825. The number of pyridine rings is 1. The van der Waals surface area contributed by atoms with Crippen LogP contribution in [0.25, 0.3) is 38.8 Å². The van der Waals surface area contributed by atoms with E-state index in [1.165, 1.54) is 22.0 Å².